The number of hydrogen-bond acceptors (Lipinski definition) is 8. The second kappa shape index (κ2) is 9.07. The lowest BCUT2D eigenvalue weighted by Gasteiger charge is -2.41. The highest BCUT2D eigenvalue weighted by molar-refractivity contribution is 5.95. The van der Waals surface area contributed by atoms with Gasteiger partial charge in [-0.3, -0.25) is 9.36 Å². The summed E-state index contributed by atoms with van der Waals surface area (Å²) in [6.45, 7) is 4.16. The number of rotatable bonds is 7. The molecular weight excluding hydrogens is 456 g/mol. The van der Waals surface area contributed by atoms with Gasteiger partial charge in [0.25, 0.3) is 5.91 Å². The topological polar surface area (TPSA) is 110 Å². The number of aromatic nitrogens is 5. The Labute approximate surface area is 210 Å². The summed E-state index contributed by atoms with van der Waals surface area (Å²) in [6.07, 6.45) is 9.61. The monoisotopic (exact) mass is 488 g/mol. The van der Waals surface area contributed by atoms with Crippen LogP contribution in [0.3, 0.4) is 0 Å². The van der Waals surface area contributed by atoms with Crippen LogP contribution in [0.1, 0.15) is 79.9 Å². The molecule has 3 aromatic rings. The molecule has 1 unspecified atom stereocenters. The first-order chi connectivity index (χ1) is 17.6. The summed E-state index contributed by atoms with van der Waals surface area (Å²) in [5.41, 5.74) is 2.19. The Morgan fingerprint density at radius 2 is 1.97 bits per heavy atom. The number of hydrogen-bond donors (Lipinski definition) is 2. The molecule has 3 heterocycles. The molecule has 0 spiro atoms. The molecule has 0 radical (unpaired) electrons. The molecule has 1 aromatic carbocycles. The van der Waals surface area contributed by atoms with Crippen molar-refractivity contribution in [3.63, 3.8) is 0 Å². The van der Waals surface area contributed by atoms with E-state index >= 15 is 0 Å². The van der Waals surface area contributed by atoms with Gasteiger partial charge in [-0.15, -0.1) is 10.2 Å². The number of benzene rings is 1. The molecule has 3 aliphatic rings. The van der Waals surface area contributed by atoms with Crippen LogP contribution < -0.4 is 20.3 Å². The van der Waals surface area contributed by atoms with Gasteiger partial charge in [0, 0.05) is 17.6 Å². The first kappa shape index (κ1) is 22.8. The minimum Gasteiger partial charge on any atom is -0.495 e. The van der Waals surface area contributed by atoms with E-state index < -0.39 is 0 Å². The largest absolute Gasteiger partial charge is 0.495 e. The van der Waals surface area contributed by atoms with Crippen molar-refractivity contribution in [2.75, 3.05) is 17.3 Å². The second-order valence-corrected chi connectivity index (χ2v) is 9.90. The van der Waals surface area contributed by atoms with Gasteiger partial charge in [0.1, 0.15) is 17.3 Å². The van der Waals surface area contributed by atoms with Crippen LogP contribution in [0.25, 0.3) is 5.69 Å². The number of carbonyl (C=O) groups excluding carboxylic acids is 1. The van der Waals surface area contributed by atoms with E-state index in [2.05, 4.69) is 42.2 Å². The third-order valence-electron chi connectivity index (χ3n) is 7.45. The Bertz CT molecular complexity index is 1300. The molecule has 36 heavy (non-hydrogen) atoms. The van der Waals surface area contributed by atoms with Gasteiger partial charge < -0.3 is 20.3 Å². The van der Waals surface area contributed by atoms with Crippen molar-refractivity contribution in [3.05, 3.63) is 41.6 Å². The fraction of sp³-hybridized carbons (Fsp3) is 0.500. The van der Waals surface area contributed by atoms with Gasteiger partial charge in [0.05, 0.1) is 25.0 Å². The standard InChI is InChI=1S/C26H32N8O2/c1-4-20-24-32-31-15(2)33(24)21-14-27-26(30-23(21)34(20)18-7-5-6-8-18)29-19-12-9-16(13-22(19)36-3)25(35)28-17-10-11-17/h9,12-14,17-18,20H,4-8,10-11H2,1-3H3,(H,28,35)(H,27,29,30). The maximum Gasteiger partial charge on any atom is 0.251 e. The van der Waals surface area contributed by atoms with Crippen LogP contribution in [0.4, 0.5) is 17.5 Å². The fourth-order valence-electron chi connectivity index (χ4n) is 5.48. The number of methoxy groups -OCH3 is 1. The smallest absolute Gasteiger partial charge is 0.251 e. The predicted molar refractivity (Wildman–Crippen MR) is 136 cm³/mol. The second-order valence-electron chi connectivity index (χ2n) is 9.90. The molecule has 2 N–H and O–H groups in total. The third kappa shape index (κ3) is 3.94. The third-order valence-corrected chi connectivity index (χ3v) is 7.45. The summed E-state index contributed by atoms with van der Waals surface area (Å²) >= 11 is 0. The van der Waals surface area contributed by atoms with Gasteiger partial charge in [-0.05, 0) is 57.2 Å². The maximum absolute atomic E-state index is 12.5. The van der Waals surface area contributed by atoms with Crippen LogP contribution in [0, 0.1) is 6.92 Å². The Morgan fingerprint density at radius 3 is 2.69 bits per heavy atom. The van der Waals surface area contributed by atoms with Crippen molar-refractivity contribution >= 4 is 23.4 Å². The zero-order valence-corrected chi connectivity index (χ0v) is 21.0. The van der Waals surface area contributed by atoms with Crippen molar-refractivity contribution in [2.45, 2.75) is 76.9 Å². The lowest BCUT2D eigenvalue weighted by atomic mass is 10.0. The number of anilines is 3. The summed E-state index contributed by atoms with van der Waals surface area (Å²) in [5.74, 6) is 3.67. The zero-order chi connectivity index (χ0) is 24.8. The average Bonchev–Trinajstić information content (AvgIpc) is 3.37. The van der Waals surface area contributed by atoms with Gasteiger partial charge >= 0.3 is 0 Å². The molecule has 2 aromatic heterocycles. The number of amides is 1. The number of fused-ring (bicyclic) bond motifs is 3. The molecule has 10 nitrogen and oxygen atoms in total. The highest BCUT2D eigenvalue weighted by Crippen LogP contribution is 2.43. The van der Waals surface area contributed by atoms with E-state index in [1.54, 1.807) is 19.2 Å². The minimum atomic E-state index is -0.0784. The summed E-state index contributed by atoms with van der Waals surface area (Å²) in [4.78, 5) is 24.6. The summed E-state index contributed by atoms with van der Waals surface area (Å²) in [7, 11) is 1.60. The van der Waals surface area contributed by atoms with E-state index in [1.807, 2.05) is 19.2 Å². The molecule has 1 aliphatic heterocycles. The molecule has 2 saturated carbocycles. The van der Waals surface area contributed by atoms with Gasteiger partial charge in [0.2, 0.25) is 5.95 Å². The molecular formula is C26H32N8O2. The van der Waals surface area contributed by atoms with Crippen LogP contribution >= 0.6 is 0 Å². The van der Waals surface area contributed by atoms with E-state index in [4.69, 9.17) is 9.72 Å². The number of nitrogens with one attached hydrogen (secondary N) is 2. The molecule has 2 aliphatic carbocycles. The number of ether oxygens (including phenoxy) is 1. The quantitative estimate of drug-likeness (QED) is 0.509. The Kier molecular flexibility index (Phi) is 5.73. The van der Waals surface area contributed by atoms with Crippen molar-refractivity contribution in [1.82, 2.24) is 30.0 Å². The first-order valence-electron chi connectivity index (χ1n) is 12.9. The van der Waals surface area contributed by atoms with Gasteiger partial charge in [-0.1, -0.05) is 19.8 Å². The SMILES string of the molecule is CCC1c2nnc(C)n2-c2cnc(Nc3ccc(C(=O)NC4CC4)cc3OC)nc2N1C1CCCC1. The Balaban J connectivity index is 1.35. The van der Waals surface area contributed by atoms with Crippen molar-refractivity contribution in [1.29, 1.82) is 0 Å². The summed E-state index contributed by atoms with van der Waals surface area (Å²) < 4.78 is 7.69. The minimum absolute atomic E-state index is 0.0784. The molecule has 10 heteroatoms. The zero-order valence-electron chi connectivity index (χ0n) is 21.0. The molecule has 1 amide bonds. The summed E-state index contributed by atoms with van der Waals surface area (Å²) in [5, 5.41) is 15.3. The molecule has 0 bridgehead atoms. The van der Waals surface area contributed by atoms with Gasteiger partial charge in [0.15, 0.2) is 11.6 Å². The number of aryl methyl sites for hydroxylation is 1. The number of carbonyl (C=O) groups is 1. The maximum atomic E-state index is 12.5. The van der Waals surface area contributed by atoms with Crippen molar-refractivity contribution < 1.29 is 9.53 Å². The van der Waals surface area contributed by atoms with E-state index in [9.17, 15) is 4.79 Å². The van der Waals surface area contributed by atoms with E-state index in [1.165, 1.54) is 12.8 Å². The van der Waals surface area contributed by atoms with Gasteiger partial charge in [-0.2, -0.15) is 4.98 Å². The molecule has 2 fully saturated rings. The van der Waals surface area contributed by atoms with E-state index in [-0.39, 0.29) is 11.9 Å². The Morgan fingerprint density at radius 1 is 1.17 bits per heavy atom. The molecule has 0 saturated heterocycles. The molecule has 188 valence electrons. The predicted octanol–water partition coefficient (Wildman–Crippen LogP) is 4.22. The number of nitrogens with zero attached hydrogens (tertiary/aromatic N) is 6. The fourth-order valence-corrected chi connectivity index (χ4v) is 5.48. The lowest BCUT2D eigenvalue weighted by Crippen LogP contribution is -2.42. The highest BCUT2D eigenvalue weighted by atomic mass is 16.5. The molecule has 1 atom stereocenters. The first-order valence-corrected chi connectivity index (χ1v) is 12.9. The van der Waals surface area contributed by atoms with E-state index in [0.29, 0.717) is 35.0 Å². The van der Waals surface area contributed by atoms with E-state index in [0.717, 1.165) is 55.3 Å². The molecule has 6 rings (SSSR count). The van der Waals surface area contributed by atoms with Crippen LogP contribution in [0.15, 0.2) is 24.4 Å². The van der Waals surface area contributed by atoms with Gasteiger partial charge in [-0.25, -0.2) is 4.98 Å². The van der Waals surface area contributed by atoms with Crippen LogP contribution in [-0.2, 0) is 0 Å². The normalized spacial score (nSPS) is 19.1. The lowest BCUT2D eigenvalue weighted by molar-refractivity contribution is 0.0950. The highest BCUT2D eigenvalue weighted by Gasteiger charge is 2.39. The Hall–Kier alpha value is -3.69. The summed E-state index contributed by atoms with van der Waals surface area (Å²) in [6, 6.07) is 6.23. The van der Waals surface area contributed by atoms with Crippen molar-refractivity contribution in [2.24, 2.45) is 0 Å². The van der Waals surface area contributed by atoms with Crippen LogP contribution in [0.5, 0.6) is 5.75 Å². The van der Waals surface area contributed by atoms with Crippen LogP contribution in [-0.4, -0.2) is 49.8 Å². The van der Waals surface area contributed by atoms with Crippen LogP contribution in [0.2, 0.25) is 0 Å². The van der Waals surface area contributed by atoms with Crippen molar-refractivity contribution in [3.8, 4) is 11.4 Å². The average molecular weight is 489 g/mol.